The first-order valence-electron chi connectivity index (χ1n) is 6.27. The molecule has 3 nitrogen and oxygen atoms in total. The Balaban J connectivity index is 2.76. The predicted molar refractivity (Wildman–Crippen MR) is 82.4 cm³/mol. The van der Waals surface area contributed by atoms with Crippen molar-refractivity contribution in [2.75, 3.05) is 0 Å². The minimum Gasteiger partial charge on any atom is -0.375 e. The van der Waals surface area contributed by atoms with Crippen molar-refractivity contribution >= 4 is 23.0 Å². The molecule has 0 aromatic rings. The van der Waals surface area contributed by atoms with Crippen molar-refractivity contribution in [1.82, 2.24) is 5.43 Å². The first-order valence-corrected chi connectivity index (χ1v) is 6.68. The van der Waals surface area contributed by atoms with Crippen molar-refractivity contribution in [3.63, 3.8) is 0 Å². The van der Waals surface area contributed by atoms with E-state index in [1.54, 1.807) is 0 Å². The van der Waals surface area contributed by atoms with Gasteiger partial charge in [-0.05, 0) is 50.4 Å². The molecule has 0 aromatic carbocycles. The molecule has 1 unspecified atom stereocenters. The van der Waals surface area contributed by atoms with Crippen LogP contribution in [0.5, 0.6) is 0 Å². The Kier molecular flexibility index (Phi) is 5.08. The van der Waals surface area contributed by atoms with Gasteiger partial charge in [-0.1, -0.05) is 31.6 Å². The molecule has 0 fully saturated rings. The van der Waals surface area contributed by atoms with Gasteiger partial charge in [0.1, 0.15) is 0 Å². The molecular formula is C14H23N3S. The first-order chi connectivity index (χ1) is 8.33. The van der Waals surface area contributed by atoms with Crippen LogP contribution in [0.15, 0.2) is 28.9 Å². The van der Waals surface area contributed by atoms with Gasteiger partial charge in [0, 0.05) is 5.92 Å². The lowest BCUT2D eigenvalue weighted by Crippen LogP contribution is -2.26. The Labute approximate surface area is 115 Å². The fraction of sp³-hybridized carbons (Fsp3) is 0.571. The second-order valence-electron chi connectivity index (χ2n) is 5.54. The van der Waals surface area contributed by atoms with Crippen LogP contribution in [0.3, 0.4) is 0 Å². The van der Waals surface area contributed by atoms with Crippen LogP contribution in [0.25, 0.3) is 0 Å². The molecule has 0 aliphatic heterocycles. The van der Waals surface area contributed by atoms with Crippen LogP contribution in [0.2, 0.25) is 0 Å². The Bertz CT molecular complexity index is 405. The third-order valence-electron chi connectivity index (χ3n) is 3.46. The number of nitrogens with zero attached hydrogens (tertiary/aromatic N) is 1. The van der Waals surface area contributed by atoms with Crippen LogP contribution in [0.1, 0.15) is 40.5 Å². The smallest absolute Gasteiger partial charge is 0.184 e. The number of hydrogen-bond acceptors (Lipinski definition) is 2. The van der Waals surface area contributed by atoms with E-state index in [-0.39, 0.29) is 5.11 Å². The Hall–Kier alpha value is -1.16. The summed E-state index contributed by atoms with van der Waals surface area (Å²) in [4.78, 5) is 0. The zero-order valence-electron chi connectivity index (χ0n) is 11.7. The number of nitrogens with one attached hydrogen (secondary N) is 1. The number of rotatable bonds is 3. The quantitative estimate of drug-likeness (QED) is 0.357. The molecule has 1 rings (SSSR count). The van der Waals surface area contributed by atoms with E-state index in [1.807, 2.05) is 13.0 Å². The third-order valence-corrected chi connectivity index (χ3v) is 3.55. The number of allylic oxidation sites excluding steroid dienone is 4. The Morgan fingerprint density at radius 1 is 1.61 bits per heavy atom. The van der Waals surface area contributed by atoms with Gasteiger partial charge in [-0.3, -0.25) is 5.43 Å². The van der Waals surface area contributed by atoms with E-state index >= 15 is 0 Å². The molecule has 0 saturated heterocycles. The zero-order valence-corrected chi connectivity index (χ0v) is 12.5. The van der Waals surface area contributed by atoms with Crippen molar-refractivity contribution in [3.05, 3.63) is 23.8 Å². The van der Waals surface area contributed by atoms with E-state index in [4.69, 9.17) is 18.0 Å². The molecule has 0 amide bonds. The topological polar surface area (TPSA) is 50.4 Å². The van der Waals surface area contributed by atoms with Gasteiger partial charge in [0.2, 0.25) is 0 Å². The molecule has 0 radical (unpaired) electrons. The summed E-state index contributed by atoms with van der Waals surface area (Å²) in [5, 5.41) is 4.27. The number of hydrazone groups is 1. The van der Waals surface area contributed by atoms with E-state index in [2.05, 4.69) is 43.5 Å². The first kappa shape index (κ1) is 14.9. The fourth-order valence-electron chi connectivity index (χ4n) is 2.40. The van der Waals surface area contributed by atoms with Crippen LogP contribution < -0.4 is 11.2 Å². The van der Waals surface area contributed by atoms with Crippen LogP contribution >= 0.6 is 12.2 Å². The molecule has 0 aromatic heterocycles. The summed E-state index contributed by atoms with van der Waals surface area (Å²) in [7, 11) is 0. The van der Waals surface area contributed by atoms with Crippen LogP contribution in [-0.2, 0) is 0 Å². The third kappa shape index (κ3) is 4.26. The van der Waals surface area contributed by atoms with E-state index < -0.39 is 0 Å². The van der Waals surface area contributed by atoms with Crippen molar-refractivity contribution in [2.45, 2.75) is 40.5 Å². The van der Waals surface area contributed by atoms with Gasteiger partial charge in [-0.25, -0.2) is 0 Å². The van der Waals surface area contributed by atoms with Gasteiger partial charge in [0.15, 0.2) is 5.11 Å². The van der Waals surface area contributed by atoms with Crippen LogP contribution in [0, 0.1) is 11.3 Å². The summed E-state index contributed by atoms with van der Waals surface area (Å²) in [5.74, 6) is 0.473. The van der Waals surface area contributed by atoms with Crippen molar-refractivity contribution in [1.29, 1.82) is 0 Å². The van der Waals surface area contributed by atoms with Gasteiger partial charge in [-0.2, -0.15) is 5.10 Å². The van der Waals surface area contributed by atoms with Crippen LogP contribution in [0.4, 0.5) is 0 Å². The minimum absolute atomic E-state index is 0.192. The number of thiocarbonyl (C=S) groups is 1. The van der Waals surface area contributed by atoms with E-state index in [0.717, 1.165) is 5.71 Å². The molecule has 1 aliphatic rings. The summed E-state index contributed by atoms with van der Waals surface area (Å²) >= 11 is 4.70. The van der Waals surface area contributed by atoms with Crippen molar-refractivity contribution in [2.24, 2.45) is 22.2 Å². The maximum absolute atomic E-state index is 5.32. The molecule has 1 aliphatic carbocycles. The minimum atomic E-state index is 0.192. The van der Waals surface area contributed by atoms with Crippen LogP contribution in [-0.4, -0.2) is 10.8 Å². The summed E-state index contributed by atoms with van der Waals surface area (Å²) in [5.41, 5.74) is 10.5. The van der Waals surface area contributed by atoms with E-state index in [9.17, 15) is 0 Å². The van der Waals surface area contributed by atoms with Crippen molar-refractivity contribution in [3.8, 4) is 0 Å². The van der Waals surface area contributed by atoms with Crippen molar-refractivity contribution < 1.29 is 0 Å². The van der Waals surface area contributed by atoms with Gasteiger partial charge in [0.25, 0.3) is 0 Å². The van der Waals surface area contributed by atoms with Gasteiger partial charge >= 0.3 is 0 Å². The molecule has 1 atom stereocenters. The summed E-state index contributed by atoms with van der Waals surface area (Å²) in [6.07, 6.45) is 8.99. The molecular weight excluding hydrogens is 242 g/mol. The zero-order chi connectivity index (χ0) is 13.8. The largest absolute Gasteiger partial charge is 0.375 e. The monoisotopic (exact) mass is 265 g/mol. The fourth-order valence-corrected chi connectivity index (χ4v) is 2.44. The highest BCUT2D eigenvalue weighted by atomic mass is 32.1. The lowest BCUT2D eigenvalue weighted by molar-refractivity contribution is 0.255. The maximum atomic E-state index is 5.32. The second-order valence-corrected chi connectivity index (χ2v) is 5.98. The molecule has 18 heavy (non-hydrogen) atoms. The maximum Gasteiger partial charge on any atom is 0.184 e. The SMILES string of the molecule is CC1=CCCC(C)(C)C1C=CC(C)=NNC(N)=S. The average Bonchev–Trinajstić information content (AvgIpc) is 2.24. The predicted octanol–water partition coefficient (Wildman–Crippen LogP) is 3.13. The average molecular weight is 265 g/mol. The molecule has 0 bridgehead atoms. The highest BCUT2D eigenvalue weighted by Gasteiger charge is 2.30. The Morgan fingerprint density at radius 2 is 2.28 bits per heavy atom. The standard InChI is InChI=1S/C14H23N3S/c1-10-6-5-9-14(3,4)12(10)8-7-11(2)16-17-13(15)18/h6-8,12H,5,9H2,1-4H3,(H3,15,17,18). The highest BCUT2D eigenvalue weighted by molar-refractivity contribution is 7.80. The summed E-state index contributed by atoms with van der Waals surface area (Å²) in [6.45, 7) is 8.77. The molecule has 100 valence electrons. The summed E-state index contributed by atoms with van der Waals surface area (Å²) in [6, 6.07) is 0. The normalized spacial score (nSPS) is 23.9. The van der Waals surface area contributed by atoms with E-state index in [0.29, 0.717) is 11.3 Å². The lowest BCUT2D eigenvalue weighted by Gasteiger charge is -2.36. The molecule has 0 saturated carbocycles. The molecule has 0 heterocycles. The second kappa shape index (κ2) is 6.14. The molecule has 4 heteroatoms. The van der Waals surface area contributed by atoms with Gasteiger partial charge < -0.3 is 5.73 Å². The van der Waals surface area contributed by atoms with Gasteiger partial charge in [0.05, 0.1) is 5.71 Å². The molecule has 3 N–H and O–H groups in total. The summed E-state index contributed by atoms with van der Waals surface area (Å²) < 4.78 is 0. The lowest BCUT2D eigenvalue weighted by atomic mass is 9.68. The molecule has 0 spiro atoms. The Morgan fingerprint density at radius 3 is 2.83 bits per heavy atom. The van der Waals surface area contributed by atoms with E-state index in [1.165, 1.54) is 18.4 Å². The number of hydrogen-bond donors (Lipinski definition) is 2. The highest BCUT2D eigenvalue weighted by Crippen LogP contribution is 2.41. The van der Waals surface area contributed by atoms with Gasteiger partial charge in [-0.15, -0.1) is 0 Å². The number of nitrogens with two attached hydrogens (primary N) is 1.